The summed E-state index contributed by atoms with van der Waals surface area (Å²) in [4.78, 5) is 12.7. The standard InChI is InChI=1S/C24H34O6/c1-14(2)13-28-16-10-11-17-18(12-16)20(29-15(3)4)22(27-9)21(26-8)19(17)30-23(25)24(5,6)7/h10-12,14-15H,13H2,1-9H3. The van der Waals surface area contributed by atoms with E-state index < -0.39 is 5.41 Å². The highest BCUT2D eigenvalue weighted by Crippen LogP contribution is 2.52. The van der Waals surface area contributed by atoms with Crippen LogP contribution in [0, 0.1) is 11.3 Å². The van der Waals surface area contributed by atoms with E-state index in [0.717, 1.165) is 5.39 Å². The maximum atomic E-state index is 12.7. The summed E-state index contributed by atoms with van der Waals surface area (Å²) in [6, 6.07) is 5.58. The Balaban J connectivity index is 2.79. The Morgan fingerprint density at radius 2 is 1.50 bits per heavy atom. The van der Waals surface area contributed by atoms with Crippen LogP contribution in [0.2, 0.25) is 0 Å². The number of hydrogen-bond acceptors (Lipinski definition) is 6. The number of methoxy groups -OCH3 is 2. The highest BCUT2D eigenvalue weighted by atomic mass is 16.6. The first-order valence-electron chi connectivity index (χ1n) is 10.2. The van der Waals surface area contributed by atoms with Gasteiger partial charge in [0.05, 0.1) is 32.3 Å². The fourth-order valence-corrected chi connectivity index (χ4v) is 2.78. The average Bonchev–Trinajstić information content (AvgIpc) is 2.66. The summed E-state index contributed by atoms with van der Waals surface area (Å²) in [5, 5.41) is 1.40. The summed E-state index contributed by atoms with van der Waals surface area (Å²) in [6.07, 6.45) is -0.102. The molecular formula is C24H34O6. The smallest absolute Gasteiger partial charge is 0.316 e. The van der Waals surface area contributed by atoms with Gasteiger partial charge in [-0.1, -0.05) is 13.8 Å². The summed E-state index contributed by atoms with van der Waals surface area (Å²) >= 11 is 0. The summed E-state index contributed by atoms with van der Waals surface area (Å²) in [5.74, 6) is 2.22. The molecule has 6 nitrogen and oxygen atoms in total. The Bertz CT molecular complexity index is 893. The van der Waals surface area contributed by atoms with Crippen molar-refractivity contribution in [3.8, 4) is 28.7 Å². The second-order valence-corrected chi connectivity index (χ2v) is 8.94. The molecule has 0 unspecified atom stereocenters. The molecule has 6 heteroatoms. The quantitative estimate of drug-likeness (QED) is 0.409. The van der Waals surface area contributed by atoms with Gasteiger partial charge in [-0.05, 0) is 58.7 Å². The van der Waals surface area contributed by atoms with Gasteiger partial charge in [0.1, 0.15) is 5.75 Å². The fraction of sp³-hybridized carbons (Fsp3) is 0.542. The van der Waals surface area contributed by atoms with Gasteiger partial charge in [0.25, 0.3) is 0 Å². The molecule has 30 heavy (non-hydrogen) atoms. The van der Waals surface area contributed by atoms with Crippen LogP contribution in [0.5, 0.6) is 28.7 Å². The minimum absolute atomic E-state index is 0.102. The number of benzene rings is 2. The SMILES string of the molecule is COc1c(OC)c(OC(C)C)c2cc(OCC(C)C)ccc2c1OC(=O)C(C)(C)C. The molecule has 0 aliphatic carbocycles. The average molecular weight is 419 g/mol. The fourth-order valence-electron chi connectivity index (χ4n) is 2.78. The highest BCUT2D eigenvalue weighted by Gasteiger charge is 2.30. The second kappa shape index (κ2) is 9.45. The van der Waals surface area contributed by atoms with Crippen LogP contribution in [0.15, 0.2) is 18.2 Å². The first-order valence-corrected chi connectivity index (χ1v) is 10.2. The number of esters is 1. The van der Waals surface area contributed by atoms with Crippen molar-refractivity contribution in [2.24, 2.45) is 11.3 Å². The zero-order valence-corrected chi connectivity index (χ0v) is 19.5. The van der Waals surface area contributed by atoms with Crippen molar-refractivity contribution in [2.75, 3.05) is 20.8 Å². The van der Waals surface area contributed by atoms with Gasteiger partial charge in [0.2, 0.25) is 11.5 Å². The van der Waals surface area contributed by atoms with E-state index in [1.807, 2.05) is 32.0 Å². The Kier molecular flexibility index (Phi) is 7.45. The number of fused-ring (bicyclic) bond motifs is 1. The Labute approximate surface area is 179 Å². The summed E-state index contributed by atoms with van der Waals surface area (Å²) in [6.45, 7) is 14.0. The van der Waals surface area contributed by atoms with Gasteiger partial charge in [0, 0.05) is 10.8 Å². The van der Waals surface area contributed by atoms with Crippen molar-refractivity contribution in [1.29, 1.82) is 0 Å². The van der Waals surface area contributed by atoms with Crippen LogP contribution < -0.4 is 23.7 Å². The normalized spacial score (nSPS) is 11.7. The molecular weight excluding hydrogens is 384 g/mol. The lowest BCUT2D eigenvalue weighted by molar-refractivity contribution is -0.143. The van der Waals surface area contributed by atoms with Crippen LogP contribution in [0.4, 0.5) is 0 Å². The number of hydrogen-bond donors (Lipinski definition) is 0. The molecule has 0 radical (unpaired) electrons. The van der Waals surface area contributed by atoms with Crippen LogP contribution in [-0.4, -0.2) is 32.9 Å². The van der Waals surface area contributed by atoms with Gasteiger partial charge in [-0.15, -0.1) is 0 Å². The van der Waals surface area contributed by atoms with E-state index in [-0.39, 0.29) is 12.1 Å². The van der Waals surface area contributed by atoms with Crippen molar-refractivity contribution < 1.29 is 28.5 Å². The van der Waals surface area contributed by atoms with Crippen molar-refractivity contribution >= 4 is 16.7 Å². The van der Waals surface area contributed by atoms with E-state index in [4.69, 9.17) is 23.7 Å². The molecule has 0 aromatic heterocycles. The Morgan fingerprint density at radius 1 is 0.900 bits per heavy atom. The minimum atomic E-state index is -0.683. The zero-order chi connectivity index (χ0) is 22.6. The van der Waals surface area contributed by atoms with E-state index in [0.29, 0.717) is 46.7 Å². The van der Waals surface area contributed by atoms with Crippen molar-refractivity contribution in [1.82, 2.24) is 0 Å². The second-order valence-electron chi connectivity index (χ2n) is 8.94. The molecule has 0 saturated carbocycles. The van der Waals surface area contributed by atoms with Crippen LogP contribution in [-0.2, 0) is 4.79 Å². The predicted molar refractivity (Wildman–Crippen MR) is 118 cm³/mol. The first kappa shape index (κ1) is 23.6. The van der Waals surface area contributed by atoms with Crippen LogP contribution in [0.1, 0.15) is 48.5 Å². The van der Waals surface area contributed by atoms with Crippen molar-refractivity contribution in [2.45, 2.75) is 54.6 Å². The molecule has 0 N–H and O–H groups in total. The first-order chi connectivity index (χ1) is 14.0. The molecule has 166 valence electrons. The third kappa shape index (κ3) is 5.29. The van der Waals surface area contributed by atoms with Crippen LogP contribution >= 0.6 is 0 Å². The molecule has 0 atom stereocenters. The van der Waals surface area contributed by atoms with Gasteiger partial charge in [-0.3, -0.25) is 4.79 Å². The zero-order valence-electron chi connectivity index (χ0n) is 19.5. The minimum Gasteiger partial charge on any atom is -0.493 e. The van der Waals surface area contributed by atoms with E-state index in [1.54, 1.807) is 20.8 Å². The molecule has 0 heterocycles. The number of carbonyl (C=O) groups excluding carboxylic acids is 1. The molecule has 2 aromatic carbocycles. The van der Waals surface area contributed by atoms with E-state index in [2.05, 4.69) is 13.8 Å². The third-order valence-electron chi connectivity index (χ3n) is 4.25. The molecule has 0 aliphatic heterocycles. The van der Waals surface area contributed by atoms with E-state index in [9.17, 15) is 4.79 Å². The van der Waals surface area contributed by atoms with Crippen molar-refractivity contribution in [3.63, 3.8) is 0 Å². The molecule has 0 bridgehead atoms. The number of ether oxygens (including phenoxy) is 5. The third-order valence-corrected chi connectivity index (χ3v) is 4.25. The molecule has 0 aliphatic rings. The van der Waals surface area contributed by atoms with Gasteiger partial charge in [-0.25, -0.2) is 0 Å². The topological polar surface area (TPSA) is 63.2 Å². The largest absolute Gasteiger partial charge is 0.493 e. The maximum Gasteiger partial charge on any atom is 0.316 e. The Hall–Kier alpha value is -2.63. The maximum absolute atomic E-state index is 12.7. The van der Waals surface area contributed by atoms with Crippen LogP contribution in [0.3, 0.4) is 0 Å². The monoisotopic (exact) mass is 418 g/mol. The summed E-state index contributed by atoms with van der Waals surface area (Å²) in [5.41, 5.74) is -0.683. The van der Waals surface area contributed by atoms with Gasteiger partial charge in [0.15, 0.2) is 11.5 Å². The van der Waals surface area contributed by atoms with Crippen molar-refractivity contribution in [3.05, 3.63) is 18.2 Å². The summed E-state index contributed by atoms with van der Waals surface area (Å²) < 4.78 is 29.1. The van der Waals surface area contributed by atoms with Gasteiger partial charge < -0.3 is 23.7 Å². The predicted octanol–water partition coefficient (Wildman–Crippen LogP) is 5.63. The van der Waals surface area contributed by atoms with Gasteiger partial charge >= 0.3 is 5.97 Å². The lowest BCUT2D eigenvalue weighted by Gasteiger charge is -2.23. The molecule has 2 rings (SSSR count). The van der Waals surface area contributed by atoms with Crippen LogP contribution in [0.25, 0.3) is 10.8 Å². The number of rotatable bonds is 8. The molecule has 2 aromatic rings. The molecule has 0 amide bonds. The van der Waals surface area contributed by atoms with E-state index >= 15 is 0 Å². The number of carbonyl (C=O) groups is 1. The molecule has 0 fully saturated rings. The lowest BCUT2D eigenvalue weighted by Crippen LogP contribution is -2.26. The summed E-state index contributed by atoms with van der Waals surface area (Å²) in [7, 11) is 3.04. The van der Waals surface area contributed by atoms with Gasteiger partial charge in [-0.2, -0.15) is 0 Å². The molecule has 0 saturated heterocycles. The van der Waals surface area contributed by atoms with E-state index in [1.165, 1.54) is 14.2 Å². The Morgan fingerprint density at radius 3 is 2.00 bits per heavy atom. The molecule has 0 spiro atoms. The highest BCUT2D eigenvalue weighted by molar-refractivity contribution is 6.01. The lowest BCUT2D eigenvalue weighted by atomic mass is 9.97.